The first-order valence-electron chi connectivity index (χ1n) is 6.36. The molecule has 0 atom stereocenters. The van der Waals surface area contributed by atoms with E-state index in [4.69, 9.17) is 5.73 Å². The quantitative estimate of drug-likeness (QED) is 0.864. The van der Waals surface area contributed by atoms with Crippen molar-refractivity contribution in [2.24, 2.45) is 11.0 Å². The number of pyridine rings is 1. The van der Waals surface area contributed by atoms with Gasteiger partial charge in [-0.1, -0.05) is 12.8 Å². The first kappa shape index (κ1) is 11.2. The fraction of sp³-hybridized carbons (Fsp3) is 0.462. The monoisotopic (exact) mass is 244 g/mol. The van der Waals surface area contributed by atoms with E-state index in [1.165, 1.54) is 17.9 Å². The van der Waals surface area contributed by atoms with Gasteiger partial charge in [0.05, 0.1) is 24.0 Å². The molecule has 1 fully saturated rings. The zero-order valence-electron chi connectivity index (χ0n) is 10.2. The van der Waals surface area contributed by atoms with Crippen molar-refractivity contribution in [1.29, 1.82) is 0 Å². The lowest BCUT2D eigenvalue weighted by Crippen LogP contribution is -2.20. The van der Waals surface area contributed by atoms with Gasteiger partial charge in [-0.05, 0) is 30.9 Å². The van der Waals surface area contributed by atoms with Gasteiger partial charge in [0.25, 0.3) is 5.91 Å². The zero-order chi connectivity index (χ0) is 12.5. The Hall–Kier alpha value is -1.91. The number of anilines is 2. The Morgan fingerprint density at radius 1 is 1.28 bits per heavy atom. The van der Waals surface area contributed by atoms with E-state index >= 15 is 0 Å². The van der Waals surface area contributed by atoms with Gasteiger partial charge in [-0.25, -0.2) is 4.98 Å². The number of hydrogen-bond acceptors (Lipinski definition) is 4. The Morgan fingerprint density at radius 3 is 2.72 bits per heavy atom. The summed E-state index contributed by atoms with van der Waals surface area (Å²) >= 11 is 0. The number of carbonyl (C=O) groups excluding carboxylic acids is 1. The molecule has 5 heteroatoms. The molecule has 2 heterocycles. The van der Waals surface area contributed by atoms with Crippen LogP contribution in [0.4, 0.5) is 11.5 Å². The lowest BCUT2D eigenvalue weighted by Gasteiger charge is -2.10. The van der Waals surface area contributed by atoms with Gasteiger partial charge >= 0.3 is 0 Å². The number of carbonyl (C=O) groups is 1. The minimum atomic E-state index is 0.00849. The molecule has 0 saturated heterocycles. The van der Waals surface area contributed by atoms with Crippen molar-refractivity contribution < 1.29 is 4.79 Å². The van der Waals surface area contributed by atoms with Gasteiger partial charge in [-0.2, -0.15) is 10.1 Å². The van der Waals surface area contributed by atoms with Crippen molar-refractivity contribution in [2.75, 3.05) is 10.7 Å². The number of nitrogen functional groups attached to an aromatic ring is 1. The maximum absolute atomic E-state index is 12.0. The fourth-order valence-corrected chi connectivity index (χ4v) is 2.64. The van der Waals surface area contributed by atoms with Crippen molar-refractivity contribution in [2.45, 2.75) is 32.1 Å². The second kappa shape index (κ2) is 4.40. The number of hydrazone groups is 1. The van der Waals surface area contributed by atoms with E-state index in [0.717, 1.165) is 18.6 Å². The van der Waals surface area contributed by atoms with Crippen LogP contribution in [0.15, 0.2) is 23.4 Å². The normalized spacial score (nSPS) is 20.6. The van der Waals surface area contributed by atoms with Gasteiger partial charge in [0.1, 0.15) is 0 Å². The molecule has 18 heavy (non-hydrogen) atoms. The molecule has 2 aliphatic rings. The van der Waals surface area contributed by atoms with Gasteiger partial charge < -0.3 is 5.73 Å². The molecule has 94 valence electrons. The summed E-state index contributed by atoms with van der Waals surface area (Å²) in [5, 5.41) is 5.86. The largest absolute Gasteiger partial charge is 0.397 e. The molecule has 1 saturated carbocycles. The molecule has 1 aliphatic carbocycles. The van der Waals surface area contributed by atoms with E-state index in [-0.39, 0.29) is 5.91 Å². The fourth-order valence-electron chi connectivity index (χ4n) is 2.64. The van der Waals surface area contributed by atoms with Gasteiger partial charge in [-0.15, -0.1) is 0 Å². The van der Waals surface area contributed by atoms with Crippen molar-refractivity contribution in [1.82, 2.24) is 4.98 Å². The highest BCUT2D eigenvalue weighted by atomic mass is 16.2. The third-order valence-corrected chi connectivity index (χ3v) is 3.61. The molecule has 2 N–H and O–H groups in total. The summed E-state index contributed by atoms with van der Waals surface area (Å²) in [6, 6.07) is 3.47. The van der Waals surface area contributed by atoms with E-state index in [1.54, 1.807) is 18.3 Å². The maximum atomic E-state index is 12.0. The molecule has 1 amide bonds. The van der Waals surface area contributed by atoms with Gasteiger partial charge in [0.15, 0.2) is 5.82 Å². The number of amides is 1. The molecule has 0 radical (unpaired) electrons. The molecule has 1 aromatic rings. The number of nitrogens with zero attached hydrogens (tertiary/aromatic N) is 3. The van der Waals surface area contributed by atoms with Crippen LogP contribution in [-0.2, 0) is 4.79 Å². The van der Waals surface area contributed by atoms with Crippen LogP contribution in [0.5, 0.6) is 0 Å². The van der Waals surface area contributed by atoms with Crippen LogP contribution in [0.25, 0.3) is 0 Å². The lowest BCUT2D eigenvalue weighted by molar-refractivity contribution is -0.117. The highest BCUT2D eigenvalue weighted by molar-refractivity contribution is 6.13. The van der Waals surface area contributed by atoms with Crippen molar-refractivity contribution >= 4 is 23.1 Å². The highest BCUT2D eigenvalue weighted by Crippen LogP contribution is 2.31. The predicted molar refractivity (Wildman–Crippen MR) is 70.1 cm³/mol. The van der Waals surface area contributed by atoms with Crippen LogP contribution in [0.1, 0.15) is 32.1 Å². The molecule has 0 spiro atoms. The Kier molecular flexibility index (Phi) is 2.74. The second-order valence-corrected chi connectivity index (χ2v) is 4.90. The predicted octanol–water partition coefficient (Wildman–Crippen LogP) is 1.95. The van der Waals surface area contributed by atoms with Crippen LogP contribution < -0.4 is 10.7 Å². The molecule has 0 unspecified atom stereocenters. The second-order valence-electron chi connectivity index (χ2n) is 4.90. The first-order chi connectivity index (χ1) is 8.74. The van der Waals surface area contributed by atoms with Crippen molar-refractivity contribution in [3.8, 4) is 0 Å². The number of rotatable bonds is 2. The number of nitrogens with two attached hydrogens (primary N) is 1. The third kappa shape index (κ3) is 1.96. The van der Waals surface area contributed by atoms with Crippen LogP contribution in [0, 0.1) is 5.92 Å². The van der Waals surface area contributed by atoms with E-state index in [2.05, 4.69) is 10.1 Å². The smallest absolute Gasteiger partial charge is 0.254 e. The average molecular weight is 244 g/mol. The zero-order valence-corrected chi connectivity index (χ0v) is 10.2. The molecule has 1 aliphatic heterocycles. The van der Waals surface area contributed by atoms with Gasteiger partial charge in [-0.3, -0.25) is 4.79 Å². The summed E-state index contributed by atoms with van der Waals surface area (Å²) < 4.78 is 0. The molecule has 0 aromatic carbocycles. The van der Waals surface area contributed by atoms with Crippen molar-refractivity contribution in [3.05, 3.63) is 18.3 Å². The Labute approximate surface area is 106 Å². The summed E-state index contributed by atoms with van der Waals surface area (Å²) in [5.41, 5.74) is 7.20. The van der Waals surface area contributed by atoms with E-state index in [9.17, 15) is 4.79 Å². The minimum absolute atomic E-state index is 0.00849. The number of aromatic nitrogens is 1. The molecular weight excluding hydrogens is 228 g/mol. The summed E-state index contributed by atoms with van der Waals surface area (Å²) in [5.74, 6) is 1.06. The maximum Gasteiger partial charge on any atom is 0.254 e. The summed E-state index contributed by atoms with van der Waals surface area (Å²) in [6.07, 6.45) is 6.81. The van der Waals surface area contributed by atoms with Crippen LogP contribution >= 0.6 is 0 Å². The molecule has 3 rings (SSSR count). The Bertz CT molecular complexity index is 488. The molecular formula is C13H16N4O. The van der Waals surface area contributed by atoms with Crippen LogP contribution in [0.3, 0.4) is 0 Å². The topological polar surface area (TPSA) is 71.6 Å². The SMILES string of the molecule is Nc1ccc(N2N=C(C3CCCC3)CC2=O)nc1. The Morgan fingerprint density at radius 2 is 2.06 bits per heavy atom. The standard InChI is InChI=1S/C13H16N4O/c14-10-5-6-12(15-8-10)17-13(18)7-11(16-17)9-3-1-2-4-9/h5-6,8-9H,1-4,7,14H2. The molecule has 0 bridgehead atoms. The Balaban J connectivity index is 1.83. The molecule has 5 nitrogen and oxygen atoms in total. The van der Waals surface area contributed by atoms with E-state index in [0.29, 0.717) is 23.8 Å². The summed E-state index contributed by atoms with van der Waals surface area (Å²) in [6.45, 7) is 0. The number of hydrogen-bond donors (Lipinski definition) is 1. The molecule has 1 aromatic heterocycles. The third-order valence-electron chi connectivity index (χ3n) is 3.61. The average Bonchev–Trinajstić information content (AvgIpc) is 2.99. The van der Waals surface area contributed by atoms with Crippen molar-refractivity contribution in [3.63, 3.8) is 0 Å². The van der Waals surface area contributed by atoms with E-state index < -0.39 is 0 Å². The van der Waals surface area contributed by atoms with Gasteiger partial charge in [0.2, 0.25) is 0 Å². The lowest BCUT2D eigenvalue weighted by atomic mass is 10.00. The van der Waals surface area contributed by atoms with Gasteiger partial charge in [0, 0.05) is 0 Å². The van der Waals surface area contributed by atoms with Crippen LogP contribution in [0.2, 0.25) is 0 Å². The minimum Gasteiger partial charge on any atom is -0.397 e. The first-order valence-corrected chi connectivity index (χ1v) is 6.36. The van der Waals surface area contributed by atoms with Crippen LogP contribution in [-0.4, -0.2) is 16.6 Å². The van der Waals surface area contributed by atoms with E-state index in [1.807, 2.05) is 0 Å². The summed E-state index contributed by atoms with van der Waals surface area (Å²) in [4.78, 5) is 16.1. The highest BCUT2D eigenvalue weighted by Gasteiger charge is 2.31. The summed E-state index contributed by atoms with van der Waals surface area (Å²) in [7, 11) is 0.